The van der Waals surface area contributed by atoms with Gasteiger partial charge in [0.05, 0.1) is 0 Å². The molecule has 0 nitrogen and oxygen atoms in total. The maximum absolute atomic E-state index is 4.09. The van der Waals surface area contributed by atoms with E-state index in [1.54, 1.807) is 0 Å². The van der Waals surface area contributed by atoms with Gasteiger partial charge in [0.15, 0.2) is 0 Å². The first-order chi connectivity index (χ1) is 6.13. The predicted octanol–water partition coefficient (Wildman–Crippen LogP) is 4.42. The van der Waals surface area contributed by atoms with Crippen LogP contribution in [0, 0.1) is 22.7 Å². The van der Waals surface area contributed by atoms with Crippen molar-refractivity contribution in [2.24, 2.45) is 10.8 Å². The maximum Gasteiger partial charge on any atom is 0.0230 e. The van der Waals surface area contributed by atoms with Crippen LogP contribution in [0.4, 0.5) is 0 Å². The lowest BCUT2D eigenvalue weighted by Crippen LogP contribution is -2.07. The predicted molar refractivity (Wildman–Crippen MR) is 65.1 cm³/mol. The van der Waals surface area contributed by atoms with Crippen molar-refractivity contribution in [2.45, 2.75) is 54.4 Å². The molecule has 0 spiro atoms. The Morgan fingerprint density at radius 2 is 1.57 bits per heavy atom. The quantitative estimate of drug-likeness (QED) is 0.449. The minimum absolute atomic E-state index is 0.128. The second-order valence-corrected chi connectivity index (χ2v) is 5.91. The molecule has 0 aliphatic carbocycles. The topological polar surface area (TPSA) is 0 Å². The van der Waals surface area contributed by atoms with Gasteiger partial charge in [-0.1, -0.05) is 38.8 Å². The highest BCUT2D eigenvalue weighted by Crippen LogP contribution is 2.26. The van der Waals surface area contributed by atoms with Crippen molar-refractivity contribution in [3.05, 3.63) is 12.2 Å². The molecule has 0 saturated carbocycles. The van der Waals surface area contributed by atoms with Gasteiger partial charge < -0.3 is 0 Å². The Kier molecular flexibility index (Phi) is 4.46. The van der Waals surface area contributed by atoms with Gasteiger partial charge in [-0.25, -0.2) is 0 Å². The molecule has 0 radical (unpaired) electrons. The van der Waals surface area contributed by atoms with Crippen molar-refractivity contribution in [3.8, 4) is 11.8 Å². The van der Waals surface area contributed by atoms with Crippen LogP contribution >= 0.6 is 0 Å². The van der Waals surface area contributed by atoms with Gasteiger partial charge in [-0.15, -0.1) is 5.92 Å². The van der Waals surface area contributed by atoms with Crippen LogP contribution in [-0.2, 0) is 0 Å². The van der Waals surface area contributed by atoms with Crippen molar-refractivity contribution >= 4 is 0 Å². The third-order valence-corrected chi connectivity index (χ3v) is 2.08. The third kappa shape index (κ3) is 6.78. The fraction of sp³-hybridized carbons (Fsp3) is 0.714. The number of hydrogen-bond acceptors (Lipinski definition) is 0. The fourth-order valence-corrected chi connectivity index (χ4v) is 0.916. The van der Waals surface area contributed by atoms with Crippen molar-refractivity contribution in [3.63, 3.8) is 0 Å². The van der Waals surface area contributed by atoms with Gasteiger partial charge in [-0.2, -0.15) is 0 Å². The van der Waals surface area contributed by atoms with Crippen molar-refractivity contribution in [2.75, 3.05) is 0 Å². The summed E-state index contributed by atoms with van der Waals surface area (Å²) >= 11 is 0. The highest BCUT2D eigenvalue weighted by Gasteiger charge is 2.13. The molecule has 0 aromatic carbocycles. The summed E-state index contributed by atoms with van der Waals surface area (Å²) in [5.74, 6) is 6.46. The molecule has 80 valence electrons. The van der Waals surface area contributed by atoms with Gasteiger partial charge in [-0.05, 0) is 32.6 Å². The van der Waals surface area contributed by atoms with Crippen LogP contribution in [0.25, 0.3) is 0 Å². The molecule has 0 saturated heterocycles. The first-order valence-corrected chi connectivity index (χ1v) is 5.31. The zero-order valence-corrected chi connectivity index (χ0v) is 10.6. The van der Waals surface area contributed by atoms with E-state index in [0.717, 1.165) is 12.8 Å². The molecule has 0 amide bonds. The molecule has 0 aliphatic heterocycles. The Balaban J connectivity index is 3.97. The van der Waals surface area contributed by atoms with E-state index < -0.39 is 0 Å². The third-order valence-electron chi connectivity index (χ3n) is 2.08. The Labute approximate surface area is 89.8 Å². The van der Waals surface area contributed by atoms with Crippen LogP contribution in [0.2, 0.25) is 0 Å². The molecule has 0 heteroatoms. The molecule has 0 heterocycles. The molecule has 0 unspecified atom stereocenters. The molecule has 14 heavy (non-hydrogen) atoms. The molecule has 0 fully saturated rings. The summed E-state index contributed by atoms with van der Waals surface area (Å²) in [7, 11) is 0. The molecule has 0 rings (SSSR count). The van der Waals surface area contributed by atoms with Crippen LogP contribution in [0.1, 0.15) is 54.4 Å². The van der Waals surface area contributed by atoms with Crippen molar-refractivity contribution in [1.29, 1.82) is 0 Å². The first-order valence-electron chi connectivity index (χ1n) is 5.31. The minimum atomic E-state index is 0.128. The van der Waals surface area contributed by atoms with Crippen LogP contribution in [0.15, 0.2) is 12.2 Å². The first kappa shape index (κ1) is 13.3. The van der Waals surface area contributed by atoms with E-state index in [1.807, 2.05) is 0 Å². The van der Waals surface area contributed by atoms with Gasteiger partial charge in [0.1, 0.15) is 0 Å². The summed E-state index contributed by atoms with van der Waals surface area (Å²) in [4.78, 5) is 0. The zero-order chi connectivity index (χ0) is 11.4. The minimum Gasteiger partial charge on any atom is -0.102 e. The molecule has 0 N–H and O–H groups in total. The van der Waals surface area contributed by atoms with Gasteiger partial charge in [0, 0.05) is 11.8 Å². The van der Waals surface area contributed by atoms with Crippen LogP contribution in [0.5, 0.6) is 0 Å². The summed E-state index contributed by atoms with van der Waals surface area (Å²) in [6.45, 7) is 17.1. The molecular weight excluding hydrogens is 168 g/mol. The highest BCUT2D eigenvalue weighted by atomic mass is 14.2. The molecule has 0 aromatic heterocycles. The van der Waals surface area contributed by atoms with E-state index >= 15 is 0 Å². The summed E-state index contributed by atoms with van der Waals surface area (Å²) in [5, 5.41) is 0. The van der Waals surface area contributed by atoms with Crippen LogP contribution in [-0.4, -0.2) is 0 Å². The summed E-state index contributed by atoms with van der Waals surface area (Å²) in [6.07, 6.45) is 1.96. The summed E-state index contributed by atoms with van der Waals surface area (Å²) in [5.41, 5.74) is 1.65. The standard InChI is InChI=1S/C14H24/c1-12(14(5,6)7)10-8-9-11-13(2,3)4/h1,8,10H2,2-7H3. The Hall–Kier alpha value is -0.700. The number of rotatable bonds is 2. The lowest BCUT2D eigenvalue weighted by Gasteiger charge is -2.20. The molecule has 0 aromatic rings. The van der Waals surface area contributed by atoms with E-state index in [4.69, 9.17) is 0 Å². The Morgan fingerprint density at radius 3 is 1.93 bits per heavy atom. The normalized spacial score (nSPS) is 11.9. The van der Waals surface area contributed by atoms with Crippen LogP contribution < -0.4 is 0 Å². The van der Waals surface area contributed by atoms with E-state index in [9.17, 15) is 0 Å². The fourth-order valence-electron chi connectivity index (χ4n) is 0.916. The Morgan fingerprint density at radius 1 is 1.07 bits per heavy atom. The second kappa shape index (κ2) is 4.69. The maximum atomic E-state index is 4.09. The lowest BCUT2D eigenvalue weighted by atomic mass is 9.85. The average Bonchev–Trinajstić information content (AvgIpc) is 1.93. The lowest BCUT2D eigenvalue weighted by molar-refractivity contribution is 0.486. The van der Waals surface area contributed by atoms with E-state index in [-0.39, 0.29) is 10.8 Å². The van der Waals surface area contributed by atoms with Gasteiger partial charge >= 0.3 is 0 Å². The van der Waals surface area contributed by atoms with Gasteiger partial charge in [-0.3, -0.25) is 0 Å². The summed E-state index contributed by atoms with van der Waals surface area (Å²) in [6, 6.07) is 0. The summed E-state index contributed by atoms with van der Waals surface area (Å²) < 4.78 is 0. The molecule has 0 aliphatic rings. The zero-order valence-electron chi connectivity index (χ0n) is 10.6. The monoisotopic (exact) mass is 192 g/mol. The van der Waals surface area contributed by atoms with Crippen LogP contribution in [0.3, 0.4) is 0 Å². The smallest absolute Gasteiger partial charge is 0.0230 e. The largest absolute Gasteiger partial charge is 0.102 e. The highest BCUT2D eigenvalue weighted by molar-refractivity contribution is 5.11. The van der Waals surface area contributed by atoms with Crippen molar-refractivity contribution < 1.29 is 0 Å². The van der Waals surface area contributed by atoms with E-state index in [2.05, 4.69) is 60.0 Å². The van der Waals surface area contributed by atoms with E-state index in [1.165, 1.54) is 5.57 Å². The number of hydrogen-bond donors (Lipinski definition) is 0. The molecule has 0 bridgehead atoms. The van der Waals surface area contributed by atoms with Gasteiger partial charge in [0.25, 0.3) is 0 Å². The van der Waals surface area contributed by atoms with E-state index in [0.29, 0.717) is 0 Å². The second-order valence-electron chi connectivity index (χ2n) is 5.91. The molecular formula is C14H24. The SMILES string of the molecule is C=C(CCC#CC(C)(C)C)C(C)(C)C. The van der Waals surface area contributed by atoms with Gasteiger partial charge in [0.2, 0.25) is 0 Å². The number of allylic oxidation sites excluding steroid dienone is 1. The molecule has 0 atom stereocenters. The Bertz CT molecular complexity index is 244. The van der Waals surface area contributed by atoms with Crippen molar-refractivity contribution in [1.82, 2.24) is 0 Å². The average molecular weight is 192 g/mol.